The van der Waals surface area contributed by atoms with E-state index in [1.165, 1.54) is 30.3 Å². The van der Waals surface area contributed by atoms with Crippen molar-refractivity contribution in [2.45, 2.75) is 44.9 Å². The largest absolute Gasteiger partial charge is 0.139 e. The first-order valence-electron chi connectivity index (χ1n) is 8.44. The fourth-order valence-corrected chi connectivity index (χ4v) is 5.55. The average molecular weight is 264 g/mol. The molecule has 1 aromatic carbocycles. The molecule has 0 radical (unpaired) electrons. The van der Waals surface area contributed by atoms with E-state index in [0.29, 0.717) is 5.41 Å². The van der Waals surface area contributed by atoms with Gasteiger partial charge < -0.3 is 0 Å². The zero-order valence-corrected chi connectivity index (χ0v) is 12.6. The van der Waals surface area contributed by atoms with Gasteiger partial charge in [0.25, 0.3) is 0 Å². The average Bonchev–Trinajstić information content (AvgIpc) is 2.39. The highest BCUT2D eigenvalue weighted by Crippen LogP contribution is 2.60. The normalized spacial score (nSPS) is 38.7. The zero-order valence-electron chi connectivity index (χ0n) is 12.6. The van der Waals surface area contributed by atoms with Gasteiger partial charge in [-0.25, -0.2) is 0 Å². The van der Waals surface area contributed by atoms with Gasteiger partial charge in [0.2, 0.25) is 0 Å². The van der Waals surface area contributed by atoms with Crippen LogP contribution < -0.4 is 5.46 Å². The topological polar surface area (TPSA) is 0 Å². The fraction of sp³-hybridized carbons (Fsp3) is 0.579. The molecule has 0 saturated heterocycles. The van der Waals surface area contributed by atoms with Crippen LogP contribution in [0, 0.1) is 23.2 Å². The van der Waals surface area contributed by atoms with E-state index in [4.69, 9.17) is 0 Å². The quantitative estimate of drug-likeness (QED) is 0.580. The van der Waals surface area contributed by atoms with Crippen LogP contribution in [0.15, 0.2) is 36.4 Å². The Hall–Kier alpha value is -0.975. The lowest BCUT2D eigenvalue weighted by Crippen LogP contribution is -2.44. The van der Waals surface area contributed by atoms with Crippen molar-refractivity contribution in [1.82, 2.24) is 0 Å². The predicted molar refractivity (Wildman–Crippen MR) is 88.1 cm³/mol. The molecule has 1 aromatic rings. The first-order valence-corrected chi connectivity index (χ1v) is 8.44. The van der Waals surface area contributed by atoms with Crippen LogP contribution in [0.1, 0.15) is 44.1 Å². The van der Waals surface area contributed by atoms with Crippen molar-refractivity contribution in [3.05, 3.63) is 42.0 Å². The SMILES string of the molecule is Bc1ccc(C/C=C/C23CC4CC(CC(C4)C2)C3)cc1. The highest BCUT2D eigenvalue weighted by atomic mass is 14.5. The highest BCUT2D eigenvalue weighted by molar-refractivity contribution is 6.32. The Morgan fingerprint density at radius 2 is 1.50 bits per heavy atom. The maximum atomic E-state index is 2.62. The number of rotatable bonds is 3. The monoisotopic (exact) mass is 264 g/mol. The molecule has 0 nitrogen and oxygen atoms in total. The minimum Gasteiger partial charge on any atom is -0.0889 e. The molecule has 1 heteroatoms. The maximum absolute atomic E-state index is 2.62. The van der Waals surface area contributed by atoms with Gasteiger partial charge in [-0.05, 0) is 73.7 Å². The van der Waals surface area contributed by atoms with Crippen LogP contribution in [0.2, 0.25) is 0 Å². The van der Waals surface area contributed by atoms with E-state index >= 15 is 0 Å². The molecule has 4 aliphatic rings. The van der Waals surface area contributed by atoms with E-state index in [9.17, 15) is 0 Å². The molecule has 4 bridgehead atoms. The molecule has 0 heterocycles. The molecule has 0 spiro atoms. The lowest BCUT2D eigenvalue weighted by atomic mass is 9.49. The first kappa shape index (κ1) is 12.7. The van der Waals surface area contributed by atoms with Gasteiger partial charge >= 0.3 is 0 Å². The third-order valence-corrected chi connectivity index (χ3v) is 6.03. The van der Waals surface area contributed by atoms with Crippen LogP contribution in [0.25, 0.3) is 0 Å². The molecule has 0 aliphatic heterocycles. The summed E-state index contributed by atoms with van der Waals surface area (Å²) < 4.78 is 0. The molecule has 4 fully saturated rings. The molecule has 104 valence electrons. The molecule has 5 rings (SSSR count). The van der Waals surface area contributed by atoms with E-state index in [1.807, 2.05) is 0 Å². The highest BCUT2D eigenvalue weighted by Gasteiger charge is 2.49. The Balaban J connectivity index is 1.45. The zero-order chi connectivity index (χ0) is 13.6. The second-order valence-electron chi connectivity index (χ2n) is 7.87. The third-order valence-electron chi connectivity index (χ3n) is 6.03. The molecule has 4 aliphatic carbocycles. The van der Waals surface area contributed by atoms with Gasteiger partial charge in [0, 0.05) is 0 Å². The van der Waals surface area contributed by atoms with Crippen molar-refractivity contribution >= 4 is 13.3 Å². The standard InChI is InChI=1S/C19H25B/c20-18-5-3-14(4-6-18)2-1-7-19-11-15-8-16(12-19)10-17(9-15)13-19/h1,3-7,15-17H,2,8-13,20H2/b7-1+. The van der Waals surface area contributed by atoms with Gasteiger partial charge in [0.1, 0.15) is 7.85 Å². The van der Waals surface area contributed by atoms with Crippen molar-refractivity contribution in [2.75, 3.05) is 0 Å². The number of hydrogen-bond donors (Lipinski definition) is 0. The lowest BCUT2D eigenvalue weighted by Gasteiger charge is -2.56. The Morgan fingerprint density at radius 3 is 2.05 bits per heavy atom. The molecule has 4 saturated carbocycles. The van der Waals surface area contributed by atoms with E-state index < -0.39 is 0 Å². The maximum Gasteiger partial charge on any atom is 0.139 e. The van der Waals surface area contributed by atoms with Gasteiger partial charge in [0.05, 0.1) is 0 Å². The van der Waals surface area contributed by atoms with Crippen LogP contribution >= 0.6 is 0 Å². The van der Waals surface area contributed by atoms with E-state index in [0.717, 1.165) is 24.2 Å². The van der Waals surface area contributed by atoms with Crippen molar-refractivity contribution in [3.8, 4) is 0 Å². The number of benzene rings is 1. The summed E-state index contributed by atoms with van der Waals surface area (Å²) in [6.45, 7) is 0. The van der Waals surface area contributed by atoms with Gasteiger partial charge in [0.15, 0.2) is 0 Å². The minimum absolute atomic E-state index is 0.597. The van der Waals surface area contributed by atoms with Crippen LogP contribution in [0.3, 0.4) is 0 Å². The summed E-state index contributed by atoms with van der Waals surface area (Å²) in [5.41, 5.74) is 3.41. The van der Waals surface area contributed by atoms with E-state index in [2.05, 4.69) is 44.3 Å². The van der Waals surface area contributed by atoms with Gasteiger partial charge in [-0.3, -0.25) is 0 Å². The lowest BCUT2D eigenvalue weighted by molar-refractivity contribution is -0.0238. The Labute approximate surface area is 124 Å². The van der Waals surface area contributed by atoms with Crippen LogP contribution in [0.5, 0.6) is 0 Å². The third kappa shape index (κ3) is 2.36. The van der Waals surface area contributed by atoms with Gasteiger partial charge in [-0.15, -0.1) is 0 Å². The molecule has 0 aromatic heterocycles. The molecule has 0 N–H and O–H groups in total. The minimum atomic E-state index is 0.597. The number of hydrogen-bond acceptors (Lipinski definition) is 0. The second kappa shape index (κ2) is 4.79. The summed E-state index contributed by atoms with van der Waals surface area (Å²) in [6.07, 6.45) is 15.3. The second-order valence-corrected chi connectivity index (χ2v) is 7.87. The molecule has 0 atom stereocenters. The summed E-state index contributed by atoms with van der Waals surface area (Å²) in [4.78, 5) is 0. The summed E-state index contributed by atoms with van der Waals surface area (Å²) in [5.74, 6) is 3.18. The Bertz CT molecular complexity index is 476. The van der Waals surface area contributed by atoms with Crippen LogP contribution in [0.4, 0.5) is 0 Å². The van der Waals surface area contributed by atoms with E-state index in [1.54, 1.807) is 19.3 Å². The smallest absolute Gasteiger partial charge is 0.0889 e. The Kier molecular flexibility index (Phi) is 3.05. The molecule has 20 heavy (non-hydrogen) atoms. The first-order chi connectivity index (χ1) is 9.71. The summed E-state index contributed by atoms with van der Waals surface area (Å²) in [7, 11) is 2.16. The van der Waals surface area contributed by atoms with Crippen molar-refractivity contribution < 1.29 is 0 Å². The molecule has 0 unspecified atom stereocenters. The van der Waals surface area contributed by atoms with Gasteiger partial charge in [-0.2, -0.15) is 0 Å². The van der Waals surface area contributed by atoms with Gasteiger partial charge in [-0.1, -0.05) is 41.9 Å². The van der Waals surface area contributed by atoms with Crippen molar-refractivity contribution in [3.63, 3.8) is 0 Å². The fourth-order valence-electron chi connectivity index (χ4n) is 5.55. The molecular weight excluding hydrogens is 239 g/mol. The van der Waals surface area contributed by atoms with E-state index in [-0.39, 0.29) is 0 Å². The van der Waals surface area contributed by atoms with Crippen molar-refractivity contribution in [2.24, 2.45) is 23.2 Å². The van der Waals surface area contributed by atoms with Crippen LogP contribution in [-0.2, 0) is 6.42 Å². The summed E-state index contributed by atoms with van der Waals surface area (Å²) >= 11 is 0. The summed E-state index contributed by atoms with van der Waals surface area (Å²) in [5, 5.41) is 0. The molecular formula is C19H25B. The van der Waals surface area contributed by atoms with Crippen LogP contribution in [-0.4, -0.2) is 7.85 Å². The van der Waals surface area contributed by atoms with Crippen molar-refractivity contribution in [1.29, 1.82) is 0 Å². The summed E-state index contributed by atoms with van der Waals surface area (Å²) in [6, 6.07) is 9.01. The Morgan fingerprint density at radius 1 is 0.950 bits per heavy atom. The predicted octanol–water partition coefficient (Wildman–Crippen LogP) is 3.26. The number of allylic oxidation sites excluding steroid dienone is 2. The molecule has 0 amide bonds.